The lowest BCUT2D eigenvalue weighted by atomic mass is 9.83. The van der Waals surface area contributed by atoms with Crippen LogP contribution in [-0.4, -0.2) is 27.3 Å². The number of H-pyrrole nitrogens is 1. The molecule has 2 heterocycles. The van der Waals surface area contributed by atoms with Gasteiger partial charge in [-0.1, -0.05) is 75.4 Å². The Bertz CT molecular complexity index is 1150. The average Bonchev–Trinajstić information content (AvgIpc) is 2.80. The largest absolute Gasteiger partial charge is 0.482 e. The lowest BCUT2D eigenvalue weighted by molar-refractivity contribution is -0.134. The summed E-state index contributed by atoms with van der Waals surface area (Å²) in [6.45, 7) is 7.83. The van der Waals surface area contributed by atoms with E-state index in [1.165, 1.54) is 17.3 Å². The van der Waals surface area contributed by atoms with E-state index in [1.54, 1.807) is 4.90 Å². The van der Waals surface area contributed by atoms with E-state index in [2.05, 4.69) is 55.0 Å². The van der Waals surface area contributed by atoms with Gasteiger partial charge in [0, 0.05) is 13.0 Å². The summed E-state index contributed by atoms with van der Waals surface area (Å²) in [7, 11) is 0. The molecular weight excluding hydrogens is 414 g/mol. The molecule has 1 aliphatic rings. The number of rotatable bonds is 6. The van der Waals surface area contributed by atoms with Crippen LogP contribution in [0.2, 0.25) is 0 Å². The highest BCUT2D eigenvalue weighted by Crippen LogP contribution is 2.31. The average molecular weight is 446 g/mol. The first-order valence-electron chi connectivity index (χ1n) is 11.4. The van der Waals surface area contributed by atoms with E-state index in [-0.39, 0.29) is 28.5 Å². The normalized spacial score (nSPS) is 16.6. The summed E-state index contributed by atoms with van der Waals surface area (Å²) in [6, 6.07) is 18.3. The van der Waals surface area contributed by atoms with Crippen LogP contribution in [0.4, 0.5) is 0 Å². The van der Waals surface area contributed by atoms with E-state index in [0.29, 0.717) is 31.9 Å². The van der Waals surface area contributed by atoms with Crippen LogP contribution in [-0.2, 0) is 23.4 Å². The zero-order valence-corrected chi connectivity index (χ0v) is 19.5. The Morgan fingerprint density at radius 2 is 1.79 bits per heavy atom. The SMILES string of the molecule is CC(C)(C)c1ccc(C2CCN(Cc3ncc(OCc4ccccc4)c(=O)[nH]3)C(=O)C2)cc1. The molecule has 33 heavy (non-hydrogen) atoms. The molecule has 1 aliphatic heterocycles. The molecule has 1 N–H and O–H groups in total. The topological polar surface area (TPSA) is 75.3 Å². The number of ether oxygens (including phenoxy) is 1. The van der Waals surface area contributed by atoms with Gasteiger partial charge in [-0.15, -0.1) is 0 Å². The third kappa shape index (κ3) is 5.69. The number of carbonyl (C=O) groups is 1. The first-order chi connectivity index (χ1) is 15.8. The first kappa shape index (κ1) is 22.8. The quantitative estimate of drug-likeness (QED) is 0.604. The van der Waals surface area contributed by atoms with Gasteiger partial charge in [0.1, 0.15) is 12.4 Å². The van der Waals surface area contributed by atoms with Crippen molar-refractivity contribution in [2.45, 2.75) is 58.1 Å². The second-order valence-corrected chi connectivity index (χ2v) is 9.67. The molecule has 172 valence electrons. The van der Waals surface area contributed by atoms with Crippen LogP contribution < -0.4 is 10.3 Å². The van der Waals surface area contributed by atoms with Crippen molar-refractivity contribution in [3.63, 3.8) is 0 Å². The third-order valence-electron chi connectivity index (χ3n) is 6.17. The molecule has 2 aromatic carbocycles. The Morgan fingerprint density at radius 3 is 2.42 bits per heavy atom. The molecule has 1 atom stereocenters. The highest BCUT2D eigenvalue weighted by Gasteiger charge is 2.27. The van der Waals surface area contributed by atoms with E-state index in [9.17, 15) is 9.59 Å². The zero-order chi connectivity index (χ0) is 23.4. The number of aromatic amines is 1. The van der Waals surface area contributed by atoms with E-state index in [4.69, 9.17) is 4.74 Å². The van der Waals surface area contributed by atoms with Crippen molar-refractivity contribution in [2.75, 3.05) is 6.54 Å². The van der Waals surface area contributed by atoms with Crippen LogP contribution in [0, 0.1) is 0 Å². The maximum atomic E-state index is 12.8. The molecule has 1 saturated heterocycles. The number of aromatic nitrogens is 2. The number of nitrogens with one attached hydrogen (secondary N) is 1. The molecular formula is C27H31N3O3. The fourth-order valence-electron chi connectivity index (χ4n) is 4.10. The summed E-state index contributed by atoms with van der Waals surface area (Å²) in [6.07, 6.45) is 2.80. The molecule has 0 bridgehead atoms. The molecule has 6 nitrogen and oxygen atoms in total. The van der Waals surface area contributed by atoms with Crippen molar-refractivity contribution in [2.24, 2.45) is 0 Å². The lowest BCUT2D eigenvalue weighted by Gasteiger charge is -2.32. The smallest absolute Gasteiger partial charge is 0.293 e. The molecule has 1 fully saturated rings. The van der Waals surface area contributed by atoms with Crippen molar-refractivity contribution in [1.29, 1.82) is 0 Å². The molecule has 1 unspecified atom stereocenters. The van der Waals surface area contributed by atoms with Gasteiger partial charge >= 0.3 is 0 Å². The van der Waals surface area contributed by atoms with Crippen molar-refractivity contribution < 1.29 is 9.53 Å². The number of nitrogens with zero attached hydrogens (tertiary/aromatic N) is 2. The zero-order valence-electron chi connectivity index (χ0n) is 19.5. The van der Waals surface area contributed by atoms with Gasteiger partial charge in [-0.2, -0.15) is 0 Å². The van der Waals surface area contributed by atoms with Crippen molar-refractivity contribution >= 4 is 5.91 Å². The predicted molar refractivity (Wildman–Crippen MR) is 128 cm³/mol. The molecule has 4 rings (SSSR count). The van der Waals surface area contributed by atoms with Gasteiger partial charge in [0.15, 0.2) is 0 Å². The number of hydrogen-bond donors (Lipinski definition) is 1. The van der Waals surface area contributed by atoms with Crippen LogP contribution >= 0.6 is 0 Å². The highest BCUT2D eigenvalue weighted by molar-refractivity contribution is 5.78. The van der Waals surface area contributed by atoms with Crippen LogP contribution in [0.3, 0.4) is 0 Å². The van der Waals surface area contributed by atoms with Crippen molar-refractivity contribution in [3.8, 4) is 5.75 Å². The van der Waals surface area contributed by atoms with Gasteiger partial charge in [-0.25, -0.2) is 4.98 Å². The van der Waals surface area contributed by atoms with Gasteiger partial charge in [0.25, 0.3) is 5.56 Å². The summed E-state index contributed by atoms with van der Waals surface area (Å²) in [5.74, 6) is 0.946. The fraction of sp³-hybridized carbons (Fsp3) is 0.370. The summed E-state index contributed by atoms with van der Waals surface area (Å²) >= 11 is 0. The summed E-state index contributed by atoms with van der Waals surface area (Å²) < 4.78 is 5.59. The molecule has 1 amide bonds. The monoisotopic (exact) mass is 445 g/mol. The molecule has 0 aliphatic carbocycles. The summed E-state index contributed by atoms with van der Waals surface area (Å²) in [4.78, 5) is 34.0. The van der Waals surface area contributed by atoms with E-state index in [1.807, 2.05) is 30.3 Å². The Balaban J connectivity index is 1.34. The lowest BCUT2D eigenvalue weighted by Crippen LogP contribution is -2.38. The predicted octanol–water partition coefficient (Wildman–Crippen LogP) is 4.55. The second kappa shape index (κ2) is 9.61. The molecule has 3 aromatic rings. The minimum absolute atomic E-state index is 0.0817. The van der Waals surface area contributed by atoms with Gasteiger partial charge in [-0.05, 0) is 34.4 Å². The molecule has 1 aromatic heterocycles. The van der Waals surface area contributed by atoms with Crippen molar-refractivity contribution in [3.05, 3.63) is 93.7 Å². The van der Waals surface area contributed by atoms with E-state index < -0.39 is 0 Å². The Morgan fingerprint density at radius 1 is 1.06 bits per heavy atom. The third-order valence-corrected chi connectivity index (χ3v) is 6.17. The van der Waals surface area contributed by atoms with Gasteiger partial charge < -0.3 is 14.6 Å². The fourth-order valence-corrected chi connectivity index (χ4v) is 4.10. The van der Waals surface area contributed by atoms with Crippen LogP contribution in [0.25, 0.3) is 0 Å². The molecule has 6 heteroatoms. The minimum atomic E-state index is -0.336. The maximum absolute atomic E-state index is 12.8. The number of benzene rings is 2. The number of amides is 1. The number of piperidine rings is 1. The van der Waals surface area contributed by atoms with Gasteiger partial charge in [-0.3, -0.25) is 9.59 Å². The first-order valence-corrected chi connectivity index (χ1v) is 11.4. The summed E-state index contributed by atoms with van der Waals surface area (Å²) in [5, 5.41) is 0. The van der Waals surface area contributed by atoms with Crippen LogP contribution in [0.5, 0.6) is 5.75 Å². The van der Waals surface area contributed by atoms with Crippen molar-refractivity contribution in [1.82, 2.24) is 14.9 Å². The summed E-state index contributed by atoms with van der Waals surface area (Å²) in [5.41, 5.74) is 3.26. The number of likely N-dealkylation sites (tertiary alicyclic amines) is 1. The standard InChI is InChI=1S/C27H31N3O3/c1-27(2,3)22-11-9-20(10-12-22)21-13-14-30(25(31)15-21)17-24-28-16-23(26(32)29-24)33-18-19-7-5-4-6-8-19/h4-12,16,21H,13-15,17-18H2,1-3H3,(H,28,29,32). The van der Waals surface area contributed by atoms with E-state index >= 15 is 0 Å². The number of carbonyl (C=O) groups excluding carboxylic acids is 1. The molecule has 0 saturated carbocycles. The van der Waals surface area contributed by atoms with Gasteiger partial charge in [0.2, 0.25) is 11.7 Å². The van der Waals surface area contributed by atoms with E-state index in [0.717, 1.165) is 12.0 Å². The van der Waals surface area contributed by atoms with Crippen LogP contribution in [0.1, 0.15) is 62.0 Å². The maximum Gasteiger partial charge on any atom is 0.293 e. The highest BCUT2D eigenvalue weighted by atomic mass is 16.5. The Hall–Kier alpha value is -3.41. The minimum Gasteiger partial charge on any atom is -0.482 e. The molecule has 0 spiro atoms. The molecule has 0 radical (unpaired) electrons. The number of hydrogen-bond acceptors (Lipinski definition) is 4. The Kier molecular flexibility index (Phi) is 6.63. The van der Waals surface area contributed by atoms with Crippen LogP contribution in [0.15, 0.2) is 65.6 Å². The van der Waals surface area contributed by atoms with Gasteiger partial charge in [0.05, 0.1) is 12.7 Å². The Labute approximate surface area is 194 Å². The second-order valence-electron chi connectivity index (χ2n) is 9.67.